The Morgan fingerprint density at radius 3 is 2.53 bits per heavy atom. The van der Waals surface area contributed by atoms with Gasteiger partial charge in [-0.05, 0) is 30.7 Å². The molecule has 0 amide bonds. The maximum atomic E-state index is 10.8. The van der Waals surface area contributed by atoms with Crippen LogP contribution in [-0.2, 0) is 4.79 Å². The summed E-state index contributed by atoms with van der Waals surface area (Å²) in [4.78, 5) is 10.8. The number of aliphatic carboxylic acids is 1. The van der Waals surface area contributed by atoms with Gasteiger partial charge in [0.15, 0.2) is 12.1 Å². The van der Waals surface area contributed by atoms with Gasteiger partial charge >= 0.3 is 5.97 Å². The van der Waals surface area contributed by atoms with Crippen molar-refractivity contribution in [2.24, 2.45) is 5.73 Å². The molecule has 0 aliphatic carbocycles. The molecule has 1 aromatic carbocycles. The molecule has 0 spiro atoms. The van der Waals surface area contributed by atoms with Crippen molar-refractivity contribution in [3.63, 3.8) is 0 Å². The van der Waals surface area contributed by atoms with Crippen LogP contribution in [0.25, 0.3) is 0 Å². The van der Waals surface area contributed by atoms with Crippen LogP contribution in [0.4, 0.5) is 5.69 Å². The summed E-state index contributed by atoms with van der Waals surface area (Å²) in [7, 11) is 0. The van der Waals surface area contributed by atoms with E-state index in [-0.39, 0.29) is 5.96 Å². The molecule has 0 fully saturated rings. The first kappa shape index (κ1) is 12.8. The average molecular weight is 237 g/mol. The summed E-state index contributed by atoms with van der Waals surface area (Å²) in [5.41, 5.74) is 5.81. The molecule has 0 heterocycles. The van der Waals surface area contributed by atoms with Crippen molar-refractivity contribution in [3.8, 4) is 5.75 Å². The Morgan fingerprint density at radius 2 is 2.12 bits per heavy atom. The number of nitrogens with two attached hydrogens (primary N) is 1. The molecule has 0 radical (unpaired) electrons. The van der Waals surface area contributed by atoms with Crippen molar-refractivity contribution in [1.82, 2.24) is 0 Å². The van der Waals surface area contributed by atoms with E-state index >= 15 is 0 Å². The van der Waals surface area contributed by atoms with Crippen molar-refractivity contribution in [1.29, 1.82) is 5.41 Å². The molecule has 0 bridgehead atoms. The summed E-state index contributed by atoms with van der Waals surface area (Å²) in [5.74, 6) is -0.678. The third-order valence-electron chi connectivity index (χ3n) is 2.06. The first-order valence-electron chi connectivity index (χ1n) is 5.13. The third kappa shape index (κ3) is 4.02. The number of ether oxygens (including phenoxy) is 1. The highest BCUT2D eigenvalue weighted by atomic mass is 16.5. The van der Waals surface area contributed by atoms with E-state index in [9.17, 15) is 4.79 Å². The van der Waals surface area contributed by atoms with E-state index in [4.69, 9.17) is 21.0 Å². The minimum absolute atomic E-state index is 0.157. The van der Waals surface area contributed by atoms with Crippen LogP contribution in [0.3, 0.4) is 0 Å². The highest BCUT2D eigenvalue weighted by Crippen LogP contribution is 2.17. The minimum atomic E-state index is -0.988. The Bertz CT molecular complexity index is 403. The van der Waals surface area contributed by atoms with E-state index in [0.29, 0.717) is 17.9 Å². The van der Waals surface area contributed by atoms with Gasteiger partial charge in [-0.25, -0.2) is 4.79 Å². The summed E-state index contributed by atoms with van der Waals surface area (Å²) >= 11 is 0. The zero-order valence-electron chi connectivity index (χ0n) is 9.43. The molecule has 0 saturated carbocycles. The normalized spacial score (nSPS) is 11.6. The Balaban J connectivity index is 2.67. The van der Waals surface area contributed by atoms with Gasteiger partial charge in [0.25, 0.3) is 0 Å². The van der Waals surface area contributed by atoms with Gasteiger partial charge in [0.1, 0.15) is 5.75 Å². The van der Waals surface area contributed by atoms with Gasteiger partial charge in [0, 0.05) is 5.69 Å². The number of hydrogen-bond donors (Lipinski definition) is 4. The second-order valence-electron chi connectivity index (χ2n) is 3.42. The lowest BCUT2D eigenvalue weighted by atomic mass is 10.2. The smallest absolute Gasteiger partial charge is 0.344 e. The minimum Gasteiger partial charge on any atom is -0.479 e. The lowest BCUT2D eigenvalue weighted by Gasteiger charge is -2.13. The van der Waals surface area contributed by atoms with Crippen LogP contribution < -0.4 is 15.8 Å². The largest absolute Gasteiger partial charge is 0.479 e. The highest BCUT2D eigenvalue weighted by Gasteiger charge is 2.16. The van der Waals surface area contributed by atoms with Crippen LogP contribution >= 0.6 is 0 Å². The Kier molecular flexibility index (Phi) is 4.33. The lowest BCUT2D eigenvalue weighted by molar-refractivity contribution is -0.145. The fraction of sp³-hybridized carbons (Fsp3) is 0.273. The number of carboxylic acid groups (broad SMARTS) is 1. The standard InChI is InChI=1S/C11H15N3O3/c1-2-9(10(15)16)17-8-5-3-7(4-6-8)14-11(12)13/h3-6,9H,2H2,1H3,(H,15,16)(H4,12,13,14). The molecule has 1 aromatic rings. The summed E-state index contributed by atoms with van der Waals surface area (Å²) in [6.45, 7) is 1.74. The molecule has 0 aliphatic rings. The molecular formula is C11H15N3O3. The van der Waals surface area contributed by atoms with Crippen LogP contribution in [0.5, 0.6) is 5.75 Å². The van der Waals surface area contributed by atoms with Crippen molar-refractivity contribution in [2.75, 3.05) is 5.32 Å². The molecule has 0 saturated heterocycles. The molecule has 1 unspecified atom stereocenters. The number of anilines is 1. The van der Waals surface area contributed by atoms with Gasteiger partial charge < -0.3 is 20.9 Å². The molecule has 0 aliphatic heterocycles. The van der Waals surface area contributed by atoms with Crippen molar-refractivity contribution < 1.29 is 14.6 Å². The molecule has 1 rings (SSSR count). The van der Waals surface area contributed by atoms with Gasteiger partial charge in [0.05, 0.1) is 0 Å². The van der Waals surface area contributed by atoms with E-state index in [1.54, 1.807) is 31.2 Å². The van der Waals surface area contributed by atoms with Crippen LogP contribution in [0.15, 0.2) is 24.3 Å². The average Bonchev–Trinajstić information content (AvgIpc) is 2.26. The second-order valence-corrected chi connectivity index (χ2v) is 3.42. The maximum absolute atomic E-state index is 10.8. The zero-order valence-corrected chi connectivity index (χ0v) is 9.43. The first-order valence-corrected chi connectivity index (χ1v) is 5.13. The molecule has 6 heteroatoms. The number of guanidine groups is 1. The topological polar surface area (TPSA) is 108 Å². The van der Waals surface area contributed by atoms with E-state index in [2.05, 4.69) is 5.32 Å². The SMILES string of the molecule is CCC(Oc1ccc(NC(=N)N)cc1)C(=O)O. The Labute approximate surface area is 98.9 Å². The maximum Gasteiger partial charge on any atom is 0.344 e. The molecule has 5 N–H and O–H groups in total. The summed E-state index contributed by atoms with van der Waals surface area (Å²) in [5, 5.41) is 18.5. The van der Waals surface area contributed by atoms with Gasteiger partial charge in [0.2, 0.25) is 0 Å². The Hall–Kier alpha value is -2.24. The second kappa shape index (κ2) is 5.74. The third-order valence-corrected chi connectivity index (χ3v) is 2.06. The molecule has 6 nitrogen and oxygen atoms in total. The van der Waals surface area contributed by atoms with E-state index in [0.717, 1.165) is 0 Å². The highest BCUT2D eigenvalue weighted by molar-refractivity contribution is 5.89. The number of benzene rings is 1. The number of nitrogens with one attached hydrogen (secondary N) is 2. The summed E-state index contributed by atoms with van der Waals surface area (Å²) in [6.07, 6.45) is -0.454. The van der Waals surface area contributed by atoms with Crippen molar-refractivity contribution >= 4 is 17.6 Å². The van der Waals surface area contributed by atoms with Crippen LogP contribution in [0.2, 0.25) is 0 Å². The van der Waals surface area contributed by atoms with E-state index < -0.39 is 12.1 Å². The monoisotopic (exact) mass is 237 g/mol. The quantitative estimate of drug-likeness (QED) is 0.455. The molecular weight excluding hydrogens is 222 g/mol. The number of rotatable bonds is 5. The van der Waals surface area contributed by atoms with Crippen LogP contribution in [0, 0.1) is 5.41 Å². The number of carboxylic acids is 1. The van der Waals surface area contributed by atoms with Crippen LogP contribution in [0.1, 0.15) is 13.3 Å². The molecule has 1 atom stereocenters. The zero-order chi connectivity index (χ0) is 12.8. The number of carbonyl (C=O) groups is 1. The van der Waals surface area contributed by atoms with Gasteiger partial charge in [-0.1, -0.05) is 6.92 Å². The summed E-state index contributed by atoms with van der Waals surface area (Å²) in [6, 6.07) is 6.56. The molecule has 92 valence electrons. The Morgan fingerprint density at radius 1 is 1.53 bits per heavy atom. The van der Waals surface area contributed by atoms with Crippen molar-refractivity contribution in [2.45, 2.75) is 19.4 Å². The van der Waals surface area contributed by atoms with Crippen LogP contribution in [-0.4, -0.2) is 23.1 Å². The molecule has 17 heavy (non-hydrogen) atoms. The fourth-order valence-electron chi connectivity index (χ4n) is 1.24. The first-order chi connectivity index (χ1) is 8.02. The predicted molar refractivity (Wildman–Crippen MR) is 64.3 cm³/mol. The number of hydrogen-bond acceptors (Lipinski definition) is 3. The van der Waals surface area contributed by atoms with Gasteiger partial charge in [-0.3, -0.25) is 5.41 Å². The predicted octanol–water partition coefficient (Wildman–Crippen LogP) is 1.23. The summed E-state index contributed by atoms with van der Waals surface area (Å²) < 4.78 is 5.27. The van der Waals surface area contributed by atoms with E-state index in [1.165, 1.54) is 0 Å². The van der Waals surface area contributed by atoms with Gasteiger partial charge in [-0.15, -0.1) is 0 Å². The fourth-order valence-corrected chi connectivity index (χ4v) is 1.24. The van der Waals surface area contributed by atoms with Crippen molar-refractivity contribution in [3.05, 3.63) is 24.3 Å². The van der Waals surface area contributed by atoms with E-state index in [1.807, 2.05) is 0 Å². The molecule has 0 aromatic heterocycles. The van der Waals surface area contributed by atoms with Gasteiger partial charge in [-0.2, -0.15) is 0 Å². The lowest BCUT2D eigenvalue weighted by Crippen LogP contribution is -2.25.